The van der Waals surface area contributed by atoms with Gasteiger partial charge in [-0.2, -0.15) is 4.91 Å². The second-order valence-electron chi connectivity index (χ2n) is 6.40. The van der Waals surface area contributed by atoms with Crippen LogP contribution in [-0.2, 0) is 0 Å². The number of rotatable bonds is 10. The fraction of sp³-hybridized carbons (Fsp3) is 1.00. The fourth-order valence-electron chi connectivity index (χ4n) is 3.42. The molecular weight excluding hydrogens is 250 g/mol. The molecule has 1 aliphatic rings. The Labute approximate surface area is 124 Å². The third-order valence-electron chi connectivity index (χ3n) is 4.78. The van der Waals surface area contributed by atoms with E-state index < -0.39 is 0 Å². The molecule has 2 unspecified atom stereocenters. The molecule has 118 valence electrons. The Morgan fingerprint density at radius 1 is 1.20 bits per heavy atom. The average molecular weight is 283 g/mol. The first-order valence-corrected chi connectivity index (χ1v) is 8.50. The zero-order chi connectivity index (χ0) is 14.6. The maximum Gasteiger partial charge on any atom is 0.0935 e. The molecular formula is C16H33N3O. The lowest BCUT2D eigenvalue weighted by atomic mass is 9.88. The molecule has 0 saturated heterocycles. The van der Waals surface area contributed by atoms with Crippen LogP contribution in [0.5, 0.6) is 0 Å². The predicted octanol–water partition coefficient (Wildman–Crippen LogP) is 3.45. The Hall–Kier alpha value is -0.480. The minimum absolute atomic E-state index is 0.370. The van der Waals surface area contributed by atoms with Crippen LogP contribution in [0.15, 0.2) is 5.18 Å². The van der Waals surface area contributed by atoms with Gasteiger partial charge < -0.3 is 11.1 Å². The Kier molecular flexibility index (Phi) is 9.85. The quantitative estimate of drug-likeness (QED) is 0.366. The summed E-state index contributed by atoms with van der Waals surface area (Å²) >= 11 is 0. The maximum absolute atomic E-state index is 10.2. The molecule has 1 rings (SSSR count). The second kappa shape index (κ2) is 11.2. The van der Waals surface area contributed by atoms with Crippen molar-refractivity contribution in [3.63, 3.8) is 0 Å². The monoisotopic (exact) mass is 283 g/mol. The molecule has 1 fully saturated rings. The van der Waals surface area contributed by atoms with Crippen molar-refractivity contribution in [1.29, 1.82) is 0 Å². The van der Waals surface area contributed by atoms with E-state index in [-0.39, 0.29) is 0 Å². The lowest BCUT2D eigenvalue weighted by Gasteiger charge is -2.26. The van der Waals surface area contributed by atoms with E-state index in [2.05, 4.69) is 17.4 Å². The van der Waals surface area contributed by atoms with E-state index in [1.54, 1.807) is 0 Å². The van der Waals surface area contributed by atoms with Gasteiger partial charge in [-0.3, -0.25) is 0 Å². The smallest absolute Gasteiger partial charge is 0.0935 e. The van der Waals surface area contributed by atoms with Crippen LogP contribution in [0.25, 0.3) is 0 Å². The largest absolute Gasteiger partial charge is 0.330 e. The number of nitrogens with zero attached hydrogens (tertiary/aromatic N) is 1. The highest BCUT2D eigenvalue weighted by Gasteiger charge is 2.19. The lowest BCUT2D eigenvalue weighted by Crippen LogP contribution is -2.37. The number of hydrogen-bond acceptors (Lipinski definition) is 4. The van der Waals surface area contributed by atoms with E-state index in [1.165, 1.54) is 51.4 Å². The summed E-state index contributed by atoms with van der Waals surface area (Å²) in [6.07, 6.45) is 12.1. The number of nitrogens with two attached hydrogens (primary N) is 1. The molecule has 1 aliphatic carbocycles. The van der Waals surface area contributed by atoms with Gasteiger partial charge >= 0.3 is 0 Å². The Balaban J connectivity index is 2.34. The minimum Gasteiger partial charge on any atom is -0.330 e. The van der Waals surface area contributed by atoms with E-state index in [9.17, 15) is 4.91 Å². The van der Waals surface area contributed by atoms with E-state index in [0.29, 0.717) is 25.0 Å². The Morgan fingerprint density at radius 2 is 1.90 bits per heavy atom. The van der Waals surface area contributed by atoms with Gasteiger partial charge in [0.05, 0.1) is 6.54 Å². The van der Waals surface area contributed by atoms with Crippen molar-refractivity contribution in [2.75, 3.05) is 19.6 Å². The minimum atomic E-state index is 0.370. The van der Waals surface area contributed by atoms with E-state index in [1.807, 2.05) is 0 Å². The first-order chi connectivity index (χ1) is 9.77. The Morgan fingerprint density at radius 3 is 2.50 bits per heavy atom. The molecule has 2 atom stereocenters. The van der Waals surface area contributed by atoms with Crippen LogP contribution in [0.4, 0.5) is 0 Å². The highest BCUT2D eigenvalue weighted by Crippen LogP contribution is 2.28. The summed E-state index contributed by atoms with van der Waals surface area (Å²) in [6, 6.07) is 0.489. The van der Waals surface area contributed by atoms with Gasteiger partial charge in [0, 0.05) is 12.6 Å². The van der Waals surface area contributed by atoms with Crippen LogP contribution >= 0.6 is 0 Å². The SMILES string of the molecule is CC(CCN)C(CCC1CCCCCC1)NCCN=O. The normalized spacial score (nSPS) is 20.3. The molecule has 1 saturated carbocycles. The summed E-state index contributed by atoms with van der Waals surface area (Å²) in [6.45, 7) is 4.09. The number of nitroso groups, excluding NO2 is 1. The fourth-order valence-corrected chi connectivity index (χ4v) is 3.42. The average Bonchev–Trinajstić information content (AvgIpc) is 2.71. The summed E-state index contributed by atoms with van der Waals surface area (Å²) < 4.78 is 0. The third-order valence-corrected chi connectivity index (χ3v) is 4.78. The molecule has 0 radical (unpaired) electrons. The molecule has 0 aromatic heterocycles. The Bertz CT molecular complexity index is 240. The van der Waals surface area contributed by atoms with Crippen molar-refractivity contribution in [3.05, 3.63) is 4.91 Å². The van der Waals surface area contributed by atoms with Gasteiger partial charge in [0.1, 0.15) is 0 Å². The van der Waals surface area contributed by atoms with Crippen LogP contribution in [0.3, 0.4) is 0 Å². The van der Waals surface area contributed by atoms with Crippen molar-refractivity contribution < 1.29 is 0 Å². The van der Waals surface area contributed by atoms with Gasteiger partial charge in [0.2, 0.25) is 0 Å². The summed E-state index contributed by atoms with van der Waals surface area (Å²) in [4.78, 5) is 10.2. The van der Waals surface area contributed by atoms with Gasteiger partial charge in [-0.15, -0.1) is 0 Å². The van der Waals surface area contributed by atoms with E-state index in [4.69, 9.17) is 5.73 Å². The summed E-state index contributed by atoms with van der Waals surface area (Å²) in [5.74, 6) is 1.49. The molecule has 0 amide bonds. The number of nitrogens with one attached hydrogen (secondary N) is 1. The maximum atomic E-state index is 10.2. The van der Waals surface area contributed by atoms with Crippen molar-refractivity contribution in [2.45, 2.75) is 70.8 Å². The highest BCUT2D eigenvalue weighted by atomic mass is 16.3. The highest BCUT2D eigenvalue weighted by molar-refractivity contribution is 4.76. The summed E-state index contributed by atoms with van der Waals surface area (Å²) in [5, 5.41) is 6.45. The van der Waals surface area contributed by atoms with Gasteiger partial charge in [0.15, 0.2) is 0 Å². The molecule has 4 nitrogen and oxygen atoms in total. The predicted molar refractivity (Wildman–Crippen MR) is 85.7 cm³/mol. The van der Waals surface area contributed by atoms with Crippen molar-refractivity contribution in [1.82, 2.24) is 5.32 Å². The molecule has 0 heterocycles. The van der Waals surface area contributed by atoms with Crippen molar-refractivity contribution >= 4 is 0 Å². The molecule has 0 aromatic carbocycles. The van der Waals surface area contributed by atoms with Crippen molar-refractivity contribution in [2.24, 2.45) is 22.7 Å². The molecule has 20 heavy (non-hydrogen) atoms. The second-order valence-corrected chi connectivity index (χ2v) is 6.40. The van der Waals surface area contributed by atoms with Crippen LogP contribution in [0.2, 0.25) is 0 Å². The zero-order valence-corrected chi connectivity index (χ0v) is 13.2. The molecule has 0 aromatic rings. The van der Waals surface area contributed by atoms with Crippen molar-refractivity contribution in [3.8, 4) is 0 Å². The van der Waals surface area contributed by atoms with Gasteiger partial charge in [-0.25, -0.2) is 0 Å². The van der Waals surface area contributed by atoms with Gasteiger partial charge in [-0.1, -0.05) is 50.6 Å². The van der Waals surface area contributed by atoms with Crippen LogP contribution in [0.1, 0.15) is 64.7 Å². The first kappa shape index (κ1) is 17.6. The summed E-state index contributed by atoms with van der Waals surface area (Å²) in [7, 11) is 0. The van der Waals surface area contributed by atoms with Crippen LogP contribution in [-0.4, -0.2) is 25.7 Å². The number of hydrogen-bond donors (Lipinski definition) is 2. The molecule has 0 spiro atoms. The van der Waals surface area contributed by atoms with E-state index >= 15 is 0 Å². The van der Waals surface area contributed by atoms with Crippen LogP contribution in [0, 0.1) is 16.7 Å². The van der Waals surface area contributed by atoms with E-state index in [0.717, 1.165) is 18.9 Å². The molecule has 3 N–H and O–H groups in total. The topological polar surface area (TPSA) is 67.5 Å². The standard InChI is InChI=1S/C16H33N3O/c1-14(10-11-17)16(18-12-13-19-20)9-8-15-6-4-2-3-5-7-15/h14-16,18H,2-13,17H2,1H3. The van der Waals surface area contributed by atoms with Gasteiger partial charge in [0.25, 0.3) is 0 Å². The molecule has 0 aliphatic heterocycles. The van der Waals surface area contributed by atoms with Crippen LogP contribution < -0.4 is 11.1 Å². The summed E-state index contributed by atoms with van der Waals surface area (Å²) in [5.41, 5.74) is 5.69. The first-order valence-electron chi connectivity index (χ1n) is 8.50. The zero-order valence-electron chi connectivity index (χ0n) is 13.2. The lowest BCUT2D eigenvalue weighted by molar-refractivity contribution is 0.305. The van der Waals surface area contributed by atoms with Gasteiger partial charge in [-0.05, 0) is 37.6 Å². The molecule has 4 heteroatoms. The third kappa shape index (κ3) is 7.34. The molecule has 0 bridgehead atoms.